The Morgan fingerprint density at radius 1 is 0.971 bits per heavy atom. The molecule has 0 amide bonds. The van der Waals surface area contributed by atoms with Gasteiger partial charge in [0.05, 0.1) is 6.42 Å². The lowest BCUT2D eigenvalue weighted by Crippen LogP contribution is -2.46. The molecule has 0 saturated heterocycles. The van der Waals surface area contributed by atoms with Gasteiger partial charge < -0.3 is 20.9 Å². The van der Waals surface area contributed by atoms with E-state index in [1.807, 2.05) is 12.1 Å². The molecule has 0 fully saturated rings. The fourth-order valence-corrected chi connectivity index (χ4v) is 3.77. The monoisotopic (exact) mass is 468 g/mol. The van der Waals surface area contributed by atoms with Crippen LogP contribution in [0.3, 0.4) is 0 Å². The van der Waals surface area contributed by atoms with Crippen molar-refractivity contribution in [3.8, 4) is 5.75 Å². The number of aryl methyl sites for hydroxylation is 1. The average Bonchev–Trinajstić information content (AvgIpc) is 2.78. The average molecular weight is 469 g/mol. The molecule has 3 rings (SSSR count). The number of nitrogens with one attached hydrogen (secondary N) is 1. The summed E-state index contributed by atoms with van der Waals surface area (Å²) in [5, 5.41) is 12.9. The van der Waals surface area contributed by atoms with Crippen LogP contribution in [0.1, 0.15) is 29.2 Å². The molecule has 0 aliphatic heterocycles. The zero-order valence-electron chi connectivity index (χ0n) is 19.1. The molecule has 0 aliphatic rings. The van der Waals surface area contributed by atoms with Gasteiger partial charge in [-0.2, -0.15) is 0 Å². The van der Waals surface area contributed by atoms with Gasteiger partial charge in [-0.15, -0.1) is 0 Å². The standard InChI is InChI=1S/C27H30F2N2O3/c1-2-18-5-3-7-20(9-18)16-31-17-26(25(30)13-21-10-22(28)15-23(29)11-21)34-27(33)14-19-6-4-8-24(32)12-19/h3-12,15,25-26,31-32H,2,13-14,16-17,30H2,1H3/t25-,26+/m0/s1. The van der Waals surface area contributed by atoms with Crippen LogP contribution in [0.25, 0.3) is 0 Å². The number of esters is 1. The second kappa shape index (κ2) is 12.3. The normalized spacial score (nSPS) is 12.8. The summed E-state index contributed by atoms with van der Waals surface area (Å²) in [5.41, 5.74) is 9.64. The third-order valence-corrected chi connectivity index (χ3v) is 5.49. The van der Waals surface area contributed by atoms with Gasteiger partial charge in [-0.3, -0.25) is 4.79 Å². The first-order valence-electron chi connectivity index (χ1n) is 11.3. The third-order valence-electron chi connectivity index (χ3n) is 5.49. The highest BCUT2D eigenvalue weighted by Crippen LogP contribution is 2.15. The Morgan fingerprint density at radius 2 is 1.65 bits per heavy atom. The molecule has 0 saturated carbocycles. The maximum absolute atomic E-state index is 13.6. The molecular formula is C27H30F2N2O3. The van der Waals surface area contributed by atoms with Crippen LogP contribution >= 0.6 is 0 Å². The maximum Gasteiger partial charge on any atom is 0.310 e. The zero-order chi connectivity index (χ0) is 24.5. The number of phenolic OH excluding ortho intramolecular Hbond substituents is 1. The number of halogens is 2. The Labute approximate surface area is 198 Å². The van der Waals surface area contributed by atoms with Crippen molar-refractivity contribution in [3.05, 3.63) is 101 Å². The molecule has 0 radical (unpaired) electrons. The molecule has 34 heavy (non-hydrogen) atoms. The van der Waals surface area contributed by atoms with Crippen molar-refractivity contribution in [1.82, 2.24) is 5.32 Å². The number of benzene rings is 3. The summed E-state index contributed by atoms with van der Waals surface area (Å²) in [7, 11) is 0. The lowest BCUT2D eigenvalue weighted by molar-refractivity contribution is -0.149. The molecular weight excluding hydrogens is 438 g/mol. The summed E-state index contributed by atoms with van der Waals surface area (Å²) in [6, 6.07) is 17.1. The molecule has 180 valence electrons. The van der Waals surface area contributed by atoms with Crippen molar-refractivity contribution < 1.29 is 23.4 Å². The molecule has 3 aromatic rings. The highest BCUT2D eigenvalue weighted by molar-refractivity contribution is 5.73. The van der Waals surface area contributed by atoms with E-state index in [9.17, 15) is 18.7 Å². The summed E-state index contributed by atoms with van der Waals surface area (Å²) in [4.78, 5) is 12.6. The number of hydrogen-bond donors (Lipinski definition) is 3. The van der Waals surface area contributed by atoms with Gasteiger partial charge >= 0.3 is 5.97 Å². The lowest BCUT2D eigenvalue weighted by Gasteiger charge is -2.25. The van der Waals surface area contributed by atoms with Crippen molar-refractivity contribution in [2.45, 2.75) is 44.9 Å². The van der Waals surface area contributed by atoms with Gasteiger partial charge in [0.2, 0.25) is 0 Å². The van der Waals surface area contributed by atoms with E-state index in [0.29, 0.717) is 17.7 Å². The summed E-state index contributed by atoms with van der Waals surface area (Å²) in [6.07, 6.45) is 0.291. The van der Waals surface area contributed by atoms with E-state index < -0.39 is 29.7 Å². The highest BCUT2D eigenvalue weighted by Gasteiger charge is 2.23. The summed E-state index contributed by atoms with van der Waals surface area (Å²) in [5.74, 6) is -1.82. The molecule has 7 heteroatoms. The van der Waals surface area contributed by atoms with E-state index in [4.69, 9.17) is 10.5 Å². The Morgan fingerprint density at radius 3 is 2.35 bits per heavy atom. The molecule has 0 unspecified atom stereocenters. The van der Waals surface area contributed by atoms with Crippen molar-refractivity contribution in [3.63, 3.8) is 0 Å². The van der Waals surface area contributed by atoms with Crippen LogP contribution in [0, 0.1) is 11.6 Å². The van der Waals surface area contributed by atoms with Gasteiger partial charge in [-0.05, 0) is 59.4 Å². The van der Waals surface area contributed by atoms with E-state index in [2.05, 4.69) is 24.4 Å². The van der Waals surface area contributed by atoms with Gasteiger partial charge in [0, 0.05) is 25.2 Å². The number of carbonyl (C=O) groups is 1. The number of phenols is 1. The summed E-state index contributed by atoms with van der Waals surface area (Å²) < 4.78 is 32.9. The minimum absolute atomic E-state index is 0.0369. The molecule has 0 spiro atoms. The minimum atomic E-state index is -0.731. The minimum Gasteiger partial charge on any atom is -0.508 e. The van der Waals surface area contributed by atoms with Crippen molar-refractivity contribution in [1.29, 1.82) is 0 Å². The molecule has 2 atom stereocenters. The first-order valence-corrected chi connectivity index (χ1v) is 11.3. The number of rotatable bonds is 11. The van der Waals surface area contributed by atoms with Crippen LogP contribution in [-0.4, -0.2) is 29.8 Å². The third kappa shape index (κ3) is 7.93. The molecule has 3 aromatic carbocycles. The first-order chi connectivity index (χ1) is 16.3. The molecule has 0 heterocycles. The predicted molar refractivity (Wildman–Crippen MR) is 127 cm³/mol. The van der Waals surface area contributed by atoms with E-state index in [0.717, 1.165) is 18.1 Å². The Kier molecular flexibility index (Phi) is 9.13. The second-order valence-corrected chi connectivity index (χ2v) is 8.33. The molecule has 0 aromatic heterocycles. The Balaban J connectivity index is 1.67. The van der Waals surface area contributed by atoms with Crippen LogP contribution in [0.15, 0.2) is 66.7 Å². The van der Waals surface area contributed by atoms with Crippen molar-refractivity contribution in [2.24, 2.45) is 5.73 Å². The quantitative estimate of drug-likeness (QED) is 0.370. The molecule has 5 nitrogen and oxygen atoms in total. The van der Waals surface area contributed by atoms with Gasteiger partial charge in [0.15, 0.2) is 0 Å². The summed E-state index contributed by atoms with van der Waals surface area (Å²) >= 11 is 0. The number of ether oxygens (including phenoxy) is 1. The topological polar surface area (TPSA) is 84.6 Å². The van der Waals surface area contributed by atoms with Crippen LogP contribution in [0.4, 0.5) is 8.78 Å². The van der Waals surface area contributed by atoms with Gasteiger partial charge in [-0.1, -0.05) is 43.3 Å². The van der Waals surface area contributed by atoms with Crippen molar-refractivity contribution >= 4 is 5.97 Å². The second-order valence-electron chi connectivity index (χ2n) is 8.33. The predicted octanol–water partition coefficient (Wildman–Crippen LogP) is 4.05. The van der Waals surface area contributed by atoms with E-state index in [-0.39, 0.29) is 25.1 Å². The van der Waals surface area contributed by atoms with Crippen LogP contribution < -0.4 is 11.1 Å². The number of nitrogens with two attached hydrogens (primary N) is 1. The number of carbonyl (C=O) groups excluding carboxylic acids is 1. The van der Waals surface area contributed by atoms with Crippen LogP contribution in [-0.2, 0) is 35.3 Å². The van der Waals surface area contributed by atoms with Gasteiger partial charge in [0.1, 0.15) is 23.5 Å². The lowest BCUT2D eigenvalue weighted by atomic mass is 10.0. The molecule has 4 N–H and O–H groups in total. The largest absolute Gasteiger partial charge is 0.508 e. The van der Waals surface area contributed by atoms with E-state index in [1.54, 1.807) is 12.1 Å². The highest BCUT2D eigenvalue weighted by atomic mass is 19.1. The van der Waals surface area contributed by atoms with Crippen LogP contribution in [0.2, 0.25) is 0 Å². The Bertz CT molecular complexity index is 1090. The molecule has 0 bridgehead atoms. The fraction of sp³-hybridized carbons (Fsp3) is 0.296. The van der Waals surface area contributed by atoms with E-state index >= 15 is 0 Å². The molecule has 0 aliphatic carbocycles. The smallest absolute Gasteiger partial charge is 0.310 e. The first kappa shape index (κ1) is 25.3. The van der Waals surface area contributed by atoms with Gasteiger partial charge in [-0.25, -0.2) is 8.78 Å². The Hall–Kier alpha value is -3.29. The number of aromatic hydroxyl groups is 1. The summed E-state index contributed by atoms with van der Waals surface area (Å²) in [6.45, 7) is 2.90. The number of hydrogen-bond acceptors (Lipinski definition) is 5. The maximum atomic E-state index is 13.6. The van der Waals surface area contributed by atoms with Gasteiger partial charge in [0.25, 0.3) is 0 Å². The fourth-order valence-electron chi connectivity index (χ4n) is 3.77. The zero-order valence-corrected chi connectivity index (χ0v) is 19.1. The van der Waals surface area contributed by atoms with Crippen LogP contribution in [0.5, 0.6) is 5.75 Å². The SMILES string of the molecule is CCc1cccc(CNC[C@@H](OC(=O)Cc2cccc(O)c2)[C@@H](N)Cc2cc(F)cc(F)c2)c1. The van der Waals surface area contributed by atoms with Crippen molar-refractivity contribution in [2.75, 3.05) is 6.54 Å². The van der Waals surface area contributed by atoms with E-state index in [1.165, 1.54) is 29.8 Å².